The summed E-state index contributed by atoms with van der Waals surface area (Å²) >= 11 is 5.99. The highest BCUT2D eigenvalue weighted by Crippen LogP contribution is 2.28. The zero-order chi connectivity index (χ0) is 16.4. The van der Waals surface area contributed by atoms with Crippen molar-refractivity contribution in [2.24, 2.45) is 0 Å². The second kappa shape index (κ2) is 6.07. The smallest absolute Gasteiger partial charge is 0.266 e. The Labute approximate surface area is 136 Å². The van der Waals surface area contributed by atoms with Crippen LogP contribution in [-0.2, 0) is 0 Å². The number of H-pyrrole nitrogens is 1. The van der Waals surface area contributed by atoms with Crippen LogP contribution in [0.1, 0.15) is 5.56 Å². The van der Waals surface area contributed by atoms with Crippen LogP contribution < -0.4 is 5.56 Å². The normalized spacial score (nSPS) is 10.3. The lowest BCUT2D eigenvalue weighted by molar-refractivity contribution is 0.628. The molecule has 0 saturated heterocycles. The van der Waals surface area contributed by atoms with Gasteiger partial charge < -0.3 is 4.98 Å². The van der Waals surface area contributed by atoms with Crippen molar-refractivity contribution in [3.8, 4) is 28.5 Å². The molecule has 0 atom stereocenters. The van der Waals surface area contributed by atoms with Crippen molar-refractivity contribution >= 4 is 11.6 Å². The van der Waals surface area contributed by atoms with E-state index in [9.17, 15) is 14.4 Å². The number of benzene rings is 2. The van der Waals surface area contributed by atoms with Crippen LogP contribution in [0.4, 0.5) is 4.39 Å². The Morgan fingerprint density at radius 2 is 1.78 bits per heavy atom. The van der Waals surface area contributed by atoms with Gasteiger partial charge >= 0.3 is 0 Å². The van der Waals surface area contributed by atoms with E-state index in [1.807, 2.05) is 6.07 Å². The molecule has 0 aliphatic carbocycles. The van der Waals surface area contributed by atoms with Crippen molar-refractivity contribution in [2.75, 3.05) is 0 Å². The van der Waals surface area contributed by atoms with Crippen LogP contribution in [0.2, 0.25) is 5.02 Å². The van der Waals surface area contributed by atoms with Gasteiger partial charge in [-0.2, -0.15) is 5.26 Å². The molecule has 23 heavy (non-hydrogen) atoms. The van der Waals surface area contributed by atoms with Crippen molar-refractivity contribution in [3.63, 3.8) is 0 Å². The second-order valence-electron chi connectivity index (χ2n) is 4.93. The van der Waals surface area contributed by atoms with E-state index >= 15 is 0 Å². The first-order chi connectivity index (χ1) is 11.1. The quantitative estimate of drug-likeness (QED) is 0.760. The van der Waals surface area contributed by atoms with Crippen LogP contribution in [0.3, 0.4) is 0 Å². The van der Waals surface area contributed by atoms with Crippen molar-refractivity contribution in [3.05, 3.63) is 81.4 Å². The Morgan fingerprint density at radius 3 is 2.48 bits per heavy atom. The molecule has 1 aromatic heterocycles. The van der Waals surface area contributed by atoms with Crippen molar-refractivity contribution < 1.29 is 4.39 Å². The summed E-state index contributed by atoms with van der Waals surface area (Å²) in [6, 6.07) is 16.3. The maximum atomic E-state index is 13.4. The zero-order valence-corrected chi connectivity index (χ0v) is 12.6. The molecule has 2 aromatic carbocycles. The number of hydrogen-bond donors (Lipinski definition) is 1. The number of rotatable bonds is 2. The fraction of sp³-hybridized carbons (Fsp3) is 0. The molecule has 0 bridgehead atoms. The number of aromatic nitrogens is 1. The Kier molecular flexibility index (Phi) is 3.96. The van der Waals surface area contributed by atoms with Gasteiger partial charge in [0, 0.05) is 21.8 Å². The van der Waals surface area contributed by atoms with Gasteiger partial charge in [-0.15, -0.1) is 0 Å². The minimum absolute atomic E-state index is 0.00702. The van der Waals surface area contributed by atoms with Gasteiger partial charge in [0.2, 0.25) is 0 Å². The summed E-state index contributed by atoms with van der Waals surface area (Å²) < 4.78 is 13.4. The Morgan fingerprint density at radius 1 is 1.04 bits per heavy atom. The van der Waals surface area contributed by atoms with Gasteiger partial charge in [0.25, 0.3) is 5.56 Å². The fourth-order valence-electron chi connectivity index (χ4n) is 2.37. The Hall–Kier alpha value is -2.90. The summed E-state index contributed by atoms with van der Waals surface area (Å²) in [4.78, 5) is 14.8. The number of nitrogens with one attached hydrogen (secondary N) is 1. The molecule has 0 fully saturated rings. The standard InChI is InChI=1S/C18H10ClFN2O/c19-13-5-1-3-11(7-13)15-9-17(22-18(23)16(15)10-21)12-4-2-6-14(20)8-12/h1-9H,(H,22,23). The molecule has 5 heteroatoms. The maximum Gasteiger partial charge on any atom is 0.266 e. The molecule has 1 N–H and O–H groups in total. The van der Waals surface area contributed by atoms with E-state index in [0.29, 0.717) is 27.4 Å². The van der Waals surface area contributed by atoms with E-state index in [4.69, 9.17) is 11.6 Å². The predicted molar refractivity (Wildman–Crippen MR) is 87.6 cm³/mol. The molecule has 0 saturated carbocycles. The van der Waals surface area contributed by atoms with Gasteiger partial charge in [-0.25, -0.2) is 4.39 Å². The highest BCUT2D eigenvalue weighted by molar-refractivity contribution is 6.30. The van der Waals surface area contributed by atoms with Crippen molar-refractivity contribution in [1.82, 2.24) is 4.98 Å². The lowest BCUT2D eigenvalue weighted by Gasteiger charge is -2.08. The maximum absolute atomic E-state index is 13.4. The van der Waals surface area contributed by atoms with E-state index in [0.717, 1.165) is 0 Å². The fourth-order valence-corrected chi connectivity index (χ4v) is 2.56. The molecular weight excluding hydrogens is 315 g/mol. The summed E-state index contributed by atoms with van der Waals surface area (Å²) in [5, 5.41) is 9.77. The van der Waals surface area contributed by atoms with E-state index < -0.39 is 11.4 Å². The average Bonchev–Trinajstić information content (AvgIpc) is 2.54. The van der Waals surface area contributed by atoms with Crippen LogP contribution >= 0.6 is 11.6 Å². The average molecular weight is 325 g/mol. The summed E-state index contributed by atoms with van der Waals surface area (Å²) in [5.74, 6) is -0.406. The molecule has 3 aromatic rings. The number of pyridine rings is 1. The molecule has 0 spiro atoms. The Balaban J connectivity index is 2.27. The van der Waals surface area contributed by atoms with Crippen LogP contribution in [-0.4, -0.2) is 4.98 Å². The summed E-state index contributed by atoms with van der Waals surface area (Å²) in [6.45, 7) is 0. The highest BCUT2D eigenvalue weighted by Gasteiger charge is 2.13. The molecule has 0 radical (unpaired) electrons. The van der Waals surface area contributed by atoms with Crippen LogP contribution in [0.5, 0.6) is 0 Å². The molecule has 3 rings (SSSR count). The van der Waals surface area contributed by atoms with E-state index in [1.165, 1.54) is 12.1 Å². The molecule has 3 nitrogen and oxygen atoms in total. The van der Waals surface area contributed by atoms with E-state index in [2.05, 4.69) is 4.98 Å². The third-order valence-corrected chi connectivity index (χ3v) is 3.65. The van der Waals surface area contributed by atoms with Gasteiger partial charge in [0.1, 0.15) is 17.4 Å². The van der Waals surface area contributed by atoms with Gasteiger partial charge in [-0.1, -0.05) is 35.9 Å². The molecule has 0 unspecified atom stereocenters. The lowest BCUT2D eigenvalue weighted by atomic mass is 9.99. The summed E-state index contributed by atoms with van der Waals surface area (Å²) in [6.07, 6.45) is 0. The largest absolute Gasteiger partial charge is 0.321 e. The molecule has 0 aliphatic rings. The summed E-state index contributed by atoms with van der Waals surface area (Å²) in [5.41, 5.74) is 1.53. The molecule has 0 aliphatic heterocycles. The molecule has 112 valence electrons. The van der Waals surface area contributed by atoms with Crippen LogP contribution in [0.25, 0.3) is 22.4 Å². The SMILES string of the molecule is N#Cc1c(-c2cccc(Cl)c2)cc(-c2cccc(F)c2)[nH]c1=O. The first-order valence-corrected chi connectivity index (χ1v) is 7.15. The monoisotopic (exact) mass is 324 g/mol. The molecule has 0 amide bonds. The molecule has 1 heterocycles. The highest BCUT2D eigenvalue weighted by atomic mass is 35.5. The predicted octanol–water partition coefficient (Wildman–Crippen LogP) is 4.37. The van der Waals surface area contributed by atoms with Gasteiger partial charge in [-0.3, -0.25) is 4.79 Å². The third kappa shape index (κ3) is 3.01. The topological polar surface area (TPSA) is 56.6 Å². The van der Waals surface area contributed by atoms with E-state index in [1.54, 1.807) is 42.5 Å². The third-order valence-electron chi connectivity index (χ3n) is 3.42. The lowest BCUT2D eigenvalue weighted by Crippen LogP contribution is -2.12. The minimum Gasteiger partial charge on any atom is -0.321 e. The molecular formula is C18H10ClFN2O. The van der Waals surface area contributed by atoms with Gasteiger partial charge in [0.05, 0.1) is 0 Å². The zero-order valence-electron chi connectivity index (χ0n) is 11.8. The first-order valence-electron chi connectivity index (χ1n) is 6.78. The van der Waals surface area contributed by atoms with Crippen LogP contribution in [0, 0.1) is 17.1 Å². The number of nitrogens with zero attached hydrogens (tertiary/aromatic N) is 1. The number of nitriles is 1. The first kappa shape index (κ1) is 15.0. The van der Waals surface area contributed by atoms with Gasteiger partial charge in [-0.05, 0) is 35.9 Å². The number of halogens is 2. The van der Waals surface area contributed by atoms with Gasteiger partial charge in [0.15, 0.2) is 0 Å². The number of hydrogen-bond acceptors (Lipinski definition) is 2. The van der Waals surface area contributed by atoms with E-state index in [-0.39, 0.29) is 5.56 Å². The van der Waals surface area contributed by atoms with Crippen molar-refractivity contribution in [2.45, 2.75) is 0 Å². The number of aromatic amines is 1. The minimum atomic E-state index is -0.524. The van der Waals surface area contributed by atoms with Crippen LogP contribution in [0.15, 0.2) is 59.4 Å². The summed E-state index contributed by atoms with van der Waals surface area (Å²) in [7, 11) is 0. The Bertz CT molecular complexity index is 989. The second-order valence-corrected chi connectivity index (χ2v) is 5.37. The van der Waals surface area contributed by atoms with Crippen molar-refractivity contribution in [1.29, 1.82) is 5.26 Å².